The second-order valence-corrected chi connectivity index (χ2v) is 14.1. The second kappa shape index (κ2) is 12.6. The fourth-order valence-electron chi connectivity index (χ4n) is 8.55. The summed E-state index contributed by atoms with van der Waals surface area (Å²) in [6, 6.07) is 73.9. The zero-order valence-corrected chi connectivity index (χ0v) is 29.9. The van der Waals surface area contributed by atoms with Gasteiger partial charge in [-0.05, 0) is 59.5 Å². The van der Waals surface area contributed by atoms with Gasteiger partial charge in [0, 0.05) is 49.3 Å². The third-order valence-electron chi connectivity index (χ3n) is 11.0. The van der Waals surface area contributed by atoms with Gasteiger partial charge in [-0.3, -0.25) is 0 Å². The molecule has 0 N–H and O–H groups in total. The predicted molar refractivity (Wildman–Crippen MR) is 231 cm³/mol. The average Bonchev–Trinajstić information content (AvgIpc) is 3.81. The summed E-state index contributed by atoms with van der Waals surface area (Å²) < 4.78 is 9.00. The topological polar surface area (TPSA) is 21.3 Å². The Morgan fingerprint density at radius 2 is 0.909 bits per heavy atom. The number of nitrogens with zero attached hydrogens (tertiary/aromatic N) is 2. The fourth-order valence-corrected chi connectivity index (χ4v) is 8.55. The molecular weight excluding hydrogens is 669 g/mol. The highest BCUT2D eigenvalue weighted by Crippen LogP contribution is 2.46. The first-order chi connectivity index (χ1) is 27.3. The second-order valence-electron chi connectivity index (χ2n) is 14.1. The smallest absolute Gasteiger partial charge is 0.143 e. The highest BCUT2D eigenvalue weighted by atomic mass is 16.3. The van der Waals surface area contributed by atoms with Crippen LogP contribution in [0.1, 0.15) is 0 Å². The predicted octanol–water partition coefficient (Wildman–Crippen LogP) is 14.6. The van der Waals surface area contributed by atoms with Crippen LogP contribution in [0.4, 0.5) is 17.1 Å². The van der Waals surface area contributed by atoms with E-state index in [1.165, 1.54) is 38.1 Å². The molecule has 3 heteroatoms. The monoisotopic (exact) mass is 702 g/mol. The van der Waals surface area contributed by atoms with E-state index in [0.717, 1.165) is 61.4 Å². The Kier molecular flexibility index (Phi) is 7.17. The third-order valence-corrected chi connectivity index (χ3v) is 11.0. The van der Waals surface area contributed by atoms with Crippen LogP contribution < -0.4 is 4.90 Å². The zero-order valence-electron chi connectivity index (χ0n) is 29.9. The van der Waals surface area contributed by atoms with Gasteiger partial charge in [0.05, 0.1) is 28.1 Å². The highest BCUT2D eigenvalue weighted by molar-refractivity contribution is 6.12. The quantitative estimate of drug-likeness (QED) is 0.172. The van der Waals surface area contributed by atoms with E-state index in [1.807, 2.05) is 12.1 Å². The molecule has 0 atom stereocenters. The van der Waals surface area contributed by atoms with Crippen molar-refractivity contribution in [3.63, 3.8) is 0 Å². The number of hydrogen-bond donors (Lipinski definition) is 0. The molecule has 9 aromatic carbocycles. The lowest BCUT2D eigenvalue weighted by Gasteiger charge is -2.29. The van der Waals surface area contributed by atoms with Crippen LogP contribution in [0.5, 0.6) is 0 Å². The van der Waals surface area contributed by atoms with E-state index in [1.54, 1.807) is 0 Å². The van der Waals surface area contributed by atoms with Gasteiger partial charge in [-0.25, -0.2) is 0 Å². The number of fused-ring (bicyclic) bond motifs is 7. The molecule has 11 aromatic rings. The summed E-state index contributed by atoms with van der Waals surface area (Å²) in [6.07, 6.45) is 0. The van der Waals surface area contributed by atoms with Crippen LogP contribution >= 0.6 is 0 Å². The van der Waals surface area contributed by atoms with Gasteiger partial charge in [0.2, 0.25) is 0 Å². The third kappa shape index (κ3) is 4.98. The van der Waals surface area contributed by atoms with Crippen LogP contribution in [0.25, 0.3) is 82.5 Å². The van der Waals surface area contributed by atoms with E-state index < -0.39 is 0 Å². The van der Waals surface area contributed by atoms with Gasteiger partial charge < -0.3 is 13.9 Å². The van der Waals surface area contributed by atoms with Crippen molar-refractivity contribution in [2.24, 2.45) is 0 Å². The van der Waals surface area contributed by atoms with Crippen LogP contribution in [-0.4, -0.2) is 4.57 Å². The molecule has 3 nitrogen and oxygen atoms in total. The SMILES string of the molecule is c1ccc(N(c2ccc(-c3ccccc3-n3c4ccccc4c4ccccc43)cc2)c2cccc3ccccc23)c(-c2cccc3c2oc2ccccc23)c1. The molecule has 0 aliphatic carbocycles. The first kappa shape index (κ1) is 31.2. The number of para-hydroxylation sites is 6. The zero-order chi connectivity index (χ0) is 36.3. The number of benzene rings is 9. The van der Waals surface area contributed by atoms with Gasteiger partial charge in [-0.15, -0.1) is 0 Å². The van der Waals surface area contributed by atoms with Crippen LogP contribution in [0, 0.1) is 0 Å². The number of furan rings is 1. The van der Waals surface area contributed by atoms with Crippen LogP contribution in [0.3, 0.4) is 0 Å². The maximum atomic E-state index is 6.59. The molecule has 11 rings (SSSR count). The minimum absolute atomic E-state index is 0.894. The molecule has 2 aromatic heterocycles. The lowest BCUT2D eigenvalue weighted by Crippen LogP contribution is -2.11. The molecule has 0 spiro atoms. The van der Waals surface area contributed by atoms with E-state index >= 15 is 0 Å². The van der Waals surface area contributed by atoms with Gasteiger partial charge in [-0.2, -0.15) is 0 Å². The molecule has 55 heavy (non-hydrogen) atoms. The molecular formula is C52H34N2O. The minimum Gasteiger partial charge on any atom is -0.455 e. The largest absolute Gasteiger partial charge is 0.455 e. The minimum atomic E-state index is 0.894. The van der Waals surface area contributed by atoms with E-state index in [2.05, 4.69) is 204 Å². The summed E-state index contributed by atoms with van der Waals surface area (Å²) in [4.78, 5) is 2.40. The molecule has 258 valence electrons. The summed E-state index contributed by atoms with van der Waals surface area (Å²) in [6.45, 7) is 0. The van der Waals surface area contributed by atoms with Crippen molar-refractivity contribution in [1.29, 1.82) is 0 Å². The molecule has 0 bridgehead atoms. The molecule has 0 saturated heterocycles. The molecule has 2 heterocycles. The maximum Gasteiger partial charge on any atom is 0.143 e. The van der Waals surface area contributed by atoms with Crippen LogP contribution in [-0.2, 0) is 0 Å². The Labute approximate surface area is 318 Å². The number of hydrogen-bond acceptors (Lipinski definition) is 2. The summed E-state index contributed by atoms with van der Waals surface area (Å²) in [5.41, 5.74) is 13.1. The Bertz CT molecular complexity index is 3160. The number of aromatic nitrogens is 1. The Morgan fingerprint density at radius 1 is 0.364 bits per heavy atom. The van der Waals surface area contributed by atoms with Crippen molar-refractivity contribution in [3.8, 4) is 27.9 Å². The van der Waals surface area contributed by atoms with Crippen molar-refractivity contribution in [2.75, 3.05) is 4.90 Å². The Balaban J connectivity index is 1.10. The van der Waals surface area contributed by atoms with Gasteiger partial charge in [-0.1, -0.05) is 158 Å². The summed E-state index contributed by atoms with van der Waals surface area (Å²) in [7, 11) is 0. The average molecular weight is 703 g/mol. The number of rotatable bonds is 6. The molecule has 0 unspecified atom stereocenters. The van der Waals surface area contributed by atoms with Crippen molar-refractivity contribution in [3.05, 3.63) is 206 Å². The fraction of sp³-hybridized carbons (Fsp3) is 0. The van der Waals surface area contributed by atoms with Gasteiger partial charge in [0.15, 0.2) is 0 Å². The molecule has 0 saturated carbocycles. The Morgan fingerprint density at radius 3 is 1.71 bits per heavy atom. The Hall–Kier alpha value is -7.36. The first-order valence-electron chi connectivity index (χ1n) is 18.8. The summed E-state index contributed by atoms with van der Waals surface area (Å²) in [5, 5.41) is 7.13. The van der Waals surface area contributed by atoms with Crippen molar-refractivity contribution in [1.82, 2.24) is 4.57 Å². The molecule has 0 radical (unpaired) electrons. The lowest BCUT2D eigenvalue weighted by atomic mass is 9.98. The summed E-state index contributed by atoms with van der Waals surface area (Å²) in [5.74, 6) is 0. The van der Waals surface area contributed by atoms with E-state index in [4.69, 9.17) is 4.42 Å². The lowest BCUT2D eigenvalue weighted by molar-refractivity contribution is 0.670. The van der Waals surface area contributed by atoms with E-state index in [9.17, 15) is 0 Å². The van der Waals surface area contributed by atoms with Gasteiger partial charge >= 0.3 is 0 Å². The van der Waals surface area contributed by atoms with Gasteiger partial charge in [0.1, 0.15) is 11.2 Å². The number of anilines is 3. The van der Waals surface area contributed by atoms with E-state index in [-0.39, 0.29) is 0 Å². The normalized spacial score (nSPS) is 11.6. The molecule has 0 amide bonds. The standard InChI is InChI=1S/C52H34N2O/c1-2-17-38-35(15-1)16-13-29-46(38)53(48-26-9-6-21-42(48)44-23-14-24-45-43-22-7-12-30-51(43)55-52(44)45)37-33-31-36(32-34-37)39-18-3-8-25-47(39)54-49-27-10-4-19-40(49)41-20-5-11-28-50(41)54/h1-34H. The van der Waals surface area contributed by atoms with Crippen molar-refractivity contribution >= 4 is 71.6 Å². The highest BCUT2D eigenvalue weighted by Gasteiger charge is 2.22. The van der Waals surface area contributed by atoms with Crippen LogP contribution in [0.2, 0.25) is 0 Å². The van der Waals surface area contributed by atoms with Gasteiger partial charge in [0.25, 0.3) is 0 Å². The first-order valence-corrected chi connectivity index (χ1v) is 18.8. The van der Waals surface area contributed by atoms with Crippen LogP contribution in [0.15, 0.2) is 211 Å². The van der Waals surface area contributed by atoms with Crippen molar-refractivity contribution in [2.45, 2.75) is 0 Å². The van der Waals surface area contributed by atoms with E-state index in [0.29, 0.717) is 0 Å². The van der Waals surface area contributed by atoms with Crippen molar-refractivity contribution < 1.29 is 4.42 Å². The molecule has 0 aliphatic heterocycles. The summed E-state index contributed by atoms with van der Waals surface area (Å²) >= 11 is 0. The molecule has 0 aliphatic rings. The molecule has 0 fully saturated rings. The maximum absolute atomic E-state index is 6.59.